The summed E-state index contributed by atoms with van der Waals surface area (Å²) in [7, 11) is -2.62. The predicted octanol–water partition coefficient (Wildman–Crippen LogP) is -0.0734. The molecule has 0 fully saturated rings. The van der Waals surface area contributed by atoms with Gasteiger partial charge < -0.3 is 11.5 Å². The number of nitrogens with zero attached hydrogens (tertiary/aromatic N) is 1. The lowest BCUT2D eigenvalue weighted by Crippen LogP contribution is -2.21. The van der Waals surface area contributed by atoms with Crippen LogP contribution in [0.1, 0.15) is 0 Å². The molecule has 1 rings (SSSR count). The zero-order valence-corrected chi connectivity index (χ0v) is 8.86. The van der Waals surface area contributed by atoms with E-state index >= 15 is 0 Å². The number of aliphatic imine (C=N–C) groups is 1. The molecule has 0 saturated heterocycles. The quantitative estimate of drug-likeness (QED) is 0.428. The van der Waals surface area contributed by atoms with E-state index in [0.717, 1.165) is 7.11 Å². The molecule has 7 heteroatoms. The summed E-state index contributed by atoms with van der Waals surface area (Å²) in [5.74, 6) is -0.137. The first-order valence-electron chi connectivity index (χ1n) is 3.96. The minimum absolute atomic E-state index is 0.00694. The second-order valence-corrected chi connectivity index (χ2v) is 4.37. The highest BCUT2D eigenvalue weighted by Crippen LogP contribution is 2.18. The Balaban J connectivity index is 3.20. The van der Waals surface area contributed by atoms with Gasteiger partial charge >= 0.3 is 0 Å². The molecule has 6 nitrogen and oxygen atoms in total. The Morgan fingerprint density at radius 1 is 1.40 bits per heavy atom. The monoisotopic (exact) mass is 229 g/mol. The largest absolute Gasteiger partial charge is 0.370 e. The molecule has 0 spiro atoms. The number of benzene rings is 1. The molecule has 0 aliphatic rings. The summed E-state index contributed by atoms with van der Waals surface area (Å²) in [6.07, 6.45) is 0. The molecule has 0 amide bonds. The number of rotatable bonds is 3. The molecule has 0 saturated carbocycles. The Morgan fingerprint density at radius 3 is 2.60 bits per heavy atom. The summed E-state index contributed by atoms with van der Waals surface area (Å²) in [6, 6.07) is 5.81. The van der Waals surface area contributed by atoms with Crippen LogP contribution in [0.2, 0.25) is 0 Å². The van der Waals surface area contributed by atoms with Crippen LogP contribution in [0.3, 0.4) is 0 Å². The maximum atomic E-state index is 11.3. The van der Waals surface area contributed by atoms with Crippen LogP contribution >= 0.6 is 0 Å². The predicted molar refractivity (Wildman–Crippen MR) is 56.1 cm³/mol. The first-order valence-corrected chi connectivity index (χ1v) is 5.37. The normalized spacial score (nSPS) is 11.0. The number of hydrogen-bond acceptors (Lipinski definition) is 4. The van der Waals surface area contributed by atoms with Crippen molar-refractivity contribution in [2.75, 3.05) is 7.11 Å². The SMILES string of the molecule is COS(=O)(=O)c1cccc(N=C(N)N)c1. The van der Waals surface area contributed by atoms with Gasteiger partial charge in [-0.1, -0.05) is 6.07 Å². The van der Waals surface area contributed by atoms with Gasteiger partial charge in [-0.2, -0.15) is 8.42 Å². The van der Waals surface area contributed by atoms with Crippen molar-refractivity contribution in [2.45, 2.75) is 4.90 Å². The molecule has 1 aromatic rings. The summed E-state index contributed by atoms with van der Waals surface area (Å²) in [4.78, 5) is 3.73. The maximum absolute atomic E-state index is 11.3. The highest BCUT2D eigenvalue weighted by atomic mass is 32.2. The molecule has 0 unspecified atom stereocenters. The van der Waals surface area contributed by atoms with E-state index in [-0.39, 0.29) is 10.9 Å². The Bertz CT molecular complexity index is 478. The van der Waals surface area contributed by atoms with Gasteiger partial charge in [-0.15, -0.1) is 0 Å². The van der Waals surface area contributed by atoms with E-state index in [4.69, 9.17) is 11.5 Å². The molecule has 0 aliphatic heterocycles. The summed E-state index contributed by atoms with van der Waals surface area (Å²) >= 11 is 0. The lowest BCUT2D eigenvalue weighted by molar-refractivity contribution is 0.398. The Morgan fingerprint density at radius 2 is 2.07 bits per heavy atom. The number of guanidine groups is 1. The van der Waals surface area contributed by atoms with Crippen molar-refractivity contribution in [2.24, 2.45) is 16.5 Å². The van der Waals surface area contributed by atoms with E-state index in [1.165, 1.54) is 18.2 Å². The molecule has 15 heavy (non-hydrogen) atoms. The first kappa shape index (κ1) is 11.5. The van der Waals surface area contributed by atoms with Crippen molar-refractivity contribution < 1.29 is 12.6 Å². The fourth-order valence-corrected chi connectivity index (χ4v) is 1.66. The van der Waals surface area contributed by atoms with Gasteiger partial charge in [0.05, 0.1) is 17.7 Å². The Kier molecular flexibility index (Phi) is 3.28. The van der Waals surface area contributed by atoms with Gasteiger partial charge in [0.25, 0.3) is 10.1 Å². The Labute approximate surface area is 87.7 Å². The standard InChI is InChI=1S/C8H11N3O3S/c1-14-15(12,13)7-4-2-3-6(5-7)11-8(9)10/h2-5H,1H3,(H4,9,10,11). The molecule has 0 atom stereocenters. The molecule has 0 bridgehead atoms. The molecule has 4 N–H and O–H groups in total. The van der Waals surface area contributed by atoms with Crippen LogP contribution in [0, 0.1) is 0 Å². The van der Waals surface area contributed by atoms with Crippen LogP contribution < -0.4 is 11.5 Å². The van der Waals surface area contributed by atoms with Crippen LogP contribution in [0.4, 0.5) is 5.69 Å². The van der Waals surface area contributed by atoms with E-state index in [9.17, 15) is 8.42 Å². The first-order chi connectivity index (χ1) is 6.95. The van der Waals surface area contributed by atoms with E-state index in [2.05, 4.69) is 9.18 Å². The average Bonchev–Trinajstić information content (AvgIpc) is 2.17. The zero-order chi connectivity index (χ0) is 11.5. The van der Waals surface area contributed by atoms with E-state index in [0.29, 0.717) is 5.69 Å². The minimum atomic E-state index is -3.71. The van der Waals surface area contributed by atoms with Crippen LogP contribution in [0.25, 0.3) is 0 Å². The van der Waals surface area contributed by atoms with E-state index in [1.807, 2.05) is 0 Å². The molecule has 82 valence electrons. The molecule has 0 aromatic heterocycles. The third-order valence-corrected chi connectivity index (χ3v) is 2.85. The van der Waals surface area contributed by atoms with Crippen molar-refractivity contribution in [3.05, 3.63) is 24.3 Å². The number of hydrogen-bond donors (Lipinski definition) is 2. The lowest BCUT2D eigenvalue weighted by atomic mass is 10.3. The van der Waals surface area contributed by atoms with Crippen molar-refractivity contribution in [3.63, 3.8) is 0 Å². The molecule has 1 aromatic carbocycles. The highest BCUT2D eigenvalue weighted by Gasteiger charge is 2.12. The van der Waals surface area contributed by atoms with Gasteiger partial charge in [0.1, 0.15) is 0 Å². The lowest BCUT2D eigenvalue weighted by Gasteiger charge is -2.01. The molecule has 0 aliphatic carbocycles. The van der Waals surface area contributed by atoms with Crippen molar-refractivity contribution >= 4 is 21.8 Å². The van der Waals surface area contributed by atoms with Crippen LogP contribution in [-0.2, 0) is 14.3 Å². The number of nitrogens with two attached hydrogens (primary N) is 2. The summed E-state index contributed by atoms with van der Waals surface area (Å²) < 4.78 is 27.0. The summed E-state index contributed by atoms with van der Waals surface area (Å²) in [5.41, 5.74) is 10.7. The van der Waals surface area contributed by atoms with E-state index in [1.54, 1.807) is 6.07 Å². The third-order valence-electron chi connectivity index (χ3n) is 1.58. The summed E-state index contributed by atoms with van der Waals surface area (Å²) in [5, 5.41) is 0. The van der Waals surface area contributed by atoms with Crippen LogP contribution in [0.5, 0.6) is 0 Å². The van der Waals surface area contributed by atoms with Gasteiger partial charge in [-0.3, -0.25) is 4.18 Å². The van der Waals surface area contributed by atoms with Crippen LogP contribution in [0.15, 0.2) is 34.2 Å². The van der Waals surface area contributed by atoms with Crippen molar-refractivity contribution in [1.29, 1.82) is 0 Å². The van der Waals surface area contributed by atoms with Gasteiger partial charge in [-0.25, -0.2) is 4.99 Å². The molecule has 0 heterocycles. The maximum Gasteiger partial charge on any atom is 0.296 e. The third kappa shape index (κ3) is 2.93. The smallest absolute Gasteiger partial charge is 0.296 e. The van der Waals surface area contributed by atoms with Gasteiger partial charge in [0.15, 0.2) is 5.96 Å². The fraction of sp³-hybridized carbons (Fsp3) is 0.125. The summed E-state index contributed by atoms with van der Waals surface area (Å²) in [6.45, 7) is 0. The van der Waals surface area contributed by atoms with Crippen LogP contribution in [-0.4, -0.2) is 21.5 Å². The van der Waals surface area contributed by atoms with Gasteiger partial charge in [0.2, 0.25) is 0 Å². The minimum Gasteiger partial charge on any atom is -0.370 e. The molecular weight excluding hydrogens is 218 g/mol. The topological polar surface area (TPSA) is 108 Å². The Hall–Kier alpha value is -1.60. The average molecular weight is 229 g/mol. The van der Waals surface area contributed by atoms with Crippen molar-refractivity contribution in [1.82, 2.24) is 0 Å². The van der Waals surface area contributed by atoms with E-state index < -0.39 is 10.1 Å². The molecular formula is C8H11N3O3S. The molecule has 0 radical (unpaired) electrons. The van der Waals surface area contributed by atoms with Gasteiger partial charge in [-0.05, 0) is 18.2 Å². The second-order valence-electron chi connectivity index (χ2n) is 2.65. The second kappa shape index (κ2) is 4.28. The van der Waals surface area contributed by atoms with Crippen molar-refractivity contribution in [3.8, 4) is 0 Å². The fourth-order valence-electron chi connectivity index (χ4n) is 0.954. The van der Waals surface area contributed by atoms with Gasteiger partial charge in [0, 0.05) is 0 Å². The zero-order valence-electron chi connectivity index (χ0n) is 8.04. The highest BCUT2D eigenvalue weighted by molar-refractivity contribution is 7.86.